The maximum Gasteiger partial charge on any atom is 0.127 e. The van der Waals surface area contributed by atoms with Crippen LogP contribution in [0.2, 0.25) is 0 Å². The Hall–Kier alpha value is -1.42. The van der Waals surface area contributed by atoms with Gasteiger partial charge in [0.2, 0.25) is 0 Å². The highest BCUT2D eigenvalue weighted by Crippen LogP contribution is 2.40. The number of nitrogens with one attached hydrogen (secondary N) is 1. The van der Waals surface area contributed by atoms with Gasteiger partial charge in [0.05, 0.1) is 17.8 Å². The average Bonchev–Trinajstić information content (AvgIpc) is 2.76. The zero-order valence-corrected chi connectivity index (χ0v) is 12.0. The molecule has 1 saturated heterocycles. The third-order valence-electron chi connectivity index (χ3n) is 4.28. The highest BCUT2D eigenvalue weighted by molar-refractivity contribution is 5.74. The van der Waals surface area contributed by atoms with Crippen molar-refractivity contribution in [2.75, 3.05) is 6.54 Å². The molecule has 0 aromatic carbocycles. The van der Waals surface area contributed by atoms with Crippen molar-refractivity contribution in [3.8, 4) is 0 Å². The van der Waals surface area contributed by atoms with Crippen LogP contribution in [-0.2, 0) is 6.54 Å². The van der Waals surface area contributed by atoms with Crippen LogP contribution >= 0.6 is 0 Å². The highest BCUT2D eigenvalue weighted by atomic mass is 15.1. The first-order valence-corrected chi connectivity index (χ1v) is 7.17. The van der Waals surface area contributed by atoms with Gasteiger partial charge in [0.25, 0.3) is 0 Å². The number of hydrogen-bond acceptors (Lipinski definition) is 3. The van der Waals surface area contributed by atoms with Crippen molar-refractivity contribution in [1.29, 1.82) is 0 Å². The molecule has 1 aliphatic heterocycles. The van der Waals surface area contributed by atoms with Crippen LogP contribution in [0, 0.1) is 5.41 Å². The summed E-state index contributed by atoms with van der Waals surface area (Å²) in [5, 5.41) is 3.66. The summed E-state index contributed by atoms with van der Waals surface area (Å²) in [6, 6.07) is 2.39. The first kappa shape index (κ1) is 12.6. The lowest BCUT2D eigenvalue weighted by molar-refractivity contribution is 0.171. The van der Waals surface area contributed by atoms with Gasteiger partial charge in [-0.2, -0.15) is 0 Å². The molecule has 2 aromatic rings. The number of rotatable bonds is 2. The molecule has 3 heterocycles. The van der Waals surface area contributed by atoms with Crippen molar-refractivity contribution < 1.29 is 0 Å². The molecule has 1 atom stereocenters. The van der Waals surface area contributed by atoms with Crippen molar-refractivity contribution >= 4 is 11.0 Å². The standard InChI is InChI=1S/C15H22N4/c1-4-19-12-6-9-16-10-11(12)18-14(19)13-15(2,3)7-5-8-17-13/h6,9-10,13,17H,4-5,7-8H2,1-3H3. The van der Waals surface area contributed by atoms with Crippen LogP contribution in [0.1, 0.15) is 45.5 Å². The fraction of sp³-hybridized carbons (Fsp3) is 0.600. The Morgan fingerprint density at radius 1 is 1.47 bits per heavy atom. The third kappa shape index (κ3) is 2.04. The maximum atomic E-state index is 4.84. The average molecular weight is 258 g/mol. The maximum absolute atomic E-state index is 4.84. The molecule has 0 spiro atoms. The lowest BCUT2D eigenvalue weighted by atomic mass is 9.77. The summed E-state index contributed by atoms with van der Waals surface area (Å²) < 4.78 is 2.32. The first-order chi connectivity index (χ1) is 9.13. The zero-order valence-electron chi connectivity index (χ0n) is 12.0. The topological polar surface area (TPSA) is 42.7 Å². The summed E-state index contributed by atoms with van der Waals surface area (Å²) >= 11 is 0. The van der Waals surface area contributed by atoms with E-state index in [4.69, 9.17) is 4.98 Å². The Balaban J connectivity index is 2.13. The van der Waals surface area contributed by atoms with Crippen LogP contribution in [0.5, 0.6) is 0 Å². The fourth-order valence-corrected chi connectivity index (χ4v) is 3.20. The normalized spacial score (nSPS) is 22.8. The van der Waals surface area contributed by atoms with Gasteiger partial charge in [-0.3, -0.25) is 4.98 Å². The molecule has 1 fully saturated rings. The molecule has 2 aromatic heterocycles. The van der Waals surface area contributed by atoms with Crippen LogP contribution in [0.3, 0.4) is 0 Å². The lowest BCUT2D eigenvalue weighted by Gasteiger charge is -2.39. The molecule has 1 unspecified atom stereocenters. The van der Waals surface area contributed by atoms with E-state index >= 15 is 0 Å². The molecule has 3 rings (SSSR count). The van der Waals surface area contributed by atoms with Crippen LogP contribution in [0.4, 0.5) is 0 Å². The van der Waals surface area contributed by atoms with Crippen LogP contribution in [-0.4, -0.2) is 21.1 Å². The van der Waals surface area contributed by atoms with Crippen molar-refractivity contribution in [1.82, 2.24) is 19.9 Å². The molecule has 1 aliphatic rings. The van der Waals surface area contributed by atoms with Gasteiger partial charge in [-0.25, -0.2) is 4.98 Å². The summed E-state index contributed by atoms with van der Waals surface area (Å²) in [5.41, 5.74) is 2.44. The lowest BCUT2D eigenvalue weighted by Crippen LogP contribution is -2.41. The van der Waals surface area contributed by atoms with Gasteiger partial charge in [0.15, 0.2) is 0 Å². The van der Waals surface area contributed by atoms with E-state index in [9.17, 15) is 0 Å². The Kier molecular flexibility index (Phi) is 3.05. The quantitative estimate of drug-likeness (QED) is 0.900. The summed E-state index contributed by atoms with van der Waals surface area (Å²) in [4.78, 5) is 9.03. The molecule has 4 nitrogen and oxygen atoms in total. The molecule has 0 bridgehead atoms. The van der Waals surface area contributed by atoms with E-state index in [1.54, 1.807) is 0 Å². The molecule has 4 heteroatoms. The van der Waals surface area contributed by atoms with Gasteiger partial charge in [0.1, 0.15) is 11.3 Å². The number of aromatic nitrogens is 3. The van der Waals surface area contributed by atoms with Gasteiger partial charge < -0.3 is 9.88 Å². The monoisotopic (exact) mass is 258 g/mol. The smallest absolute Gasteiger partial charge is 0.127 e. The Bertz CT molecular complexity index is 585. The van der Waals surface area contributed by atoms with E-state index in [0.717, 1.165) is 24.4 Å². The fourth-order valence-electron chi connectivity index (χ4n) is 3.20. The van der Waals surface area contributed by atoms with Crippen LogP contribution in [0.15, 0.2) is 18.5 Å². The van der Waals surface area contributed by atoms with E-state index in [1.807, 2.05) is 12.4 Å². The van der Waals surface area contributed by atoms with Crippen molar-refractivity contribution in [3.63, 3.8) is 0 Å². The highest BCUT2D eigenvalue weighted by Gasteiger charge is 2.36. The predicted molar refractivity (Wildman–Crippen MR) is 77.0 cm³/mol. The molecular weight excluding hydrogens is 236 g/mol. The largest absolute Gasteiger partial charge is 0.327 e. The Morgan fingerprint density at radius 2 is 2.32 bits per heavy atom. The molecule has 0 radical (unpaired) electrons. The van der Waals surface area contributed by atoms with Gasteiger partial charge in [-0.1, -0.05) is 13.8 Å². The summed E-state index contributed by atoms with van der Waals surface area (Å²) in [6.07, 6.45) is 6.20. The number of hydrogen-bond donors (Lipinski definition) is 1. The van der Waals surface area contributed by atoms with Crippen LogP contribution in [0.25, 0.3) is 11.0 Å². The predicted octanol–water partition coefficient (Wildman–Crippen LogP) is 2.90. The van der Waals surface area contributed by atoms with E-state index in [0.29, 0.717) is 6.04 Å². The molecule has 0 aliphatic carbocycles. The molecule has 102 valence electrons. The molecule has 1 N–H and O–H groups in total. The molecular formula is C15H22N4. The number of aryl methyl sites for hydroxylation is 1. The number of pyridine rings is 1. The van der Waals surface area contributed by atoms with Crippen LogP contribution < -0.4 is 5.32 Å². The molecule has 19 heavy (non-hydrogen) atoms. The second kappa shape index (κ2) is 4.60. The van der Waals surface area contributed by atoms with Crippen molar-refractivity contribution in [2.24, 2.45) is 5.41 Å². The summed E-state index contributed by atoms with van der Waals surface area (Å²) in [6.45, 7) is 8.88. The van der Waals surface area contributed by atoms with Gasteiger partial charge in [-0.05, 0) is 37.8 Å². The van der Waals surface area contributed by atoms with Gasteiger partial charge in [-0.15, -0.1) is 0 Å². The number of nitrogens with zero attached hydrogens (tertiary/aromatic N) is 3. The number of imidazole rings is 1. The van der Waals surface area contributed by atoms with Gasteiger partial charge in [0, 0.05) is 12.7 Å². The van der Waals surface area contributed by atoms with Crippen molar-refractivity contribution in [3.05, 3.63) is 24.3 Å². The van der Waals surface area contributed by atoms with E-state index < -0.39 is 0 Å². The first-order valence-electron chi connectivity index (χ1n) is 7.17. The summed E-state index contributed by atoms with van der Waals surface area (Å²) in [5.74, 6) is 1.16. The Morgan fingerprint density at radius 3 is 3.05 bits per heavy atom. The number of piperidine rings is 1. The molecule has 0 saturated carbocycles. The summed E-state index contributed by atoms with van der Waals surface area (Å²) in [7, 11) is 0. The van der Waals surface area contributed by atoms with Crippen molar-refractivity contribution in [2.45, 2.75) is 46.2 Å². The second-order valence-corrected chi connectivity index (χ2v) is 6.06. The minimum Gasteiger partial charge on any atom is -0.327 e. The minimum absolute atomic E-state index is 0.250. The van der Waals surface area contributed by atoms with E-state index in [2.05, 4.69) is 41.7 Å². The third-order valence-corrected chi connectivity index (χ3v) is 4.28. The minimum atomic E-state index is 0.250. The molecule has 0 amide bonds. The second-order valence-electron chi connectivity index (χ2n) is 6.06. The van der Waals surface area contributed by atoms with Gasteiger partial charge >= 0.3 is 0 Å². The van der Waals surface area contributed by atoms with E-state index in [-0.39, 0.29) is 5.41 Å². The SMILES string of the molecule is CCn1c(C2NCCCC2(C)C)nc2cnccc21. The Labute approximate surface area is 114 Å². The number of fused-ring (bicyclic) bond motifs is 1. The zero-order chi connectivity index (χ0) is 13.5. The van der Waals surface area contributed by atoms with E-state index in [1.165, 1.54) is 18.4 Å².